The van der Waals surface area contributed by atoms with Crippen molar-refractivity contribution < 1.29 is 4.42 Å². The molecule has 0 saturated heterocycles. The number of anilines is 2. The number of aryl methyl sites for hydroxylation is 2. The SMILES string of the molecule is Cc1ccc(Nc2cc3oc4ccccc4c3cc2-c2c3c4c(c5ccccc25)c2ccccc2n4-c2ccc(C)cc2B3)cc1. The van der Waals surface area contributed by atoms with Crippen molar-refractivity contribution >= 4 is 84.1 Å². The molecule has 10 rings (SSSR count). The number of benzene rings is 7. The number of furan rings is 1. The monoisotopic (exact) mass is 588 g/mol. The first kappa shape index (κ1) is 25.6. The lowest BCUT2D eigenvalue weighted by Gasteiger charge is -2.25. The number of hydrogen-bond acceptors (Lipinski definition) is 2. The number of para-hydroxylation sites is 2. The Morgan fingerprint density at radius 2 is 1.33 bits per heavy atom. The predicted molar refractivity (Wildman–Crippen MR) is 197 cm³/mol. The van der Waals surface area contributed by atoms with Crippen molar-refractivity contribution in [2.75, 3.05) is 5.32 Å². The number of nitrogens with one attached hydrogen (secondary N) is 1. The van der Waals surface area contributed by atoms with Gasteiger partial charge in [-0.05, 0) is 72.0 Å². The second-order valence-corrected chi connectivity index (χ2v) is 12.8. The van der Waals surface area contributed by atoms with E-state index in [4.69, 9.17) is 4.42 Å². The van der Waals surface area contributed by atoms with Gasteiger partial charge in [0, 0.05) is 50.1 Å². The van der Waals surface area contributed by atoms with Crippen LogP contribution in [0.3, 0.4) is 0 Å². The Hall–Kier alpha value is -5.74. The number of fused-ring (bicyclic) bond motifs is 10. The van der Waals surface area contributed by atoms with Crippen LogP contribution < -0.4 is 16.2 Å². The van der Waals surface area contributed by atoms with Crippen LogP contribution in [0.5, 0.6) is 0 Å². The van der Waals surface area contributed by atoms with Crippen LogP contribution in [0.1, 0.15) is 11.1 Å². The van der Waals surface area contributed by atoms with Gasteiger partial charge in [0.1, 0.15) is 11.2 Å². The van der Waals surface area contributed by atoms with Crippen molar-refractivity contribution in [1.29, 1.82) is 0 Å². The van der Waals surface area contributed by atoms with Gasteiger partial charge < -0.3 is 14.3 Å². The van der Waals surface area contributed by atoms with Crippen molar-refractivity contribution in [2.45, 2.75) is 13.8 Å². The largest absolute Gasteiger partial charge is 0.456 e. The summed E-state index contributed by atoms with van der Waals surface area (Å²) in [5, 5.41) is 11.3. The number of nitrogens with zero attached hydrogens (tertiary/aromatic N) is 1. The summed E-state index contributed by atoms with van der Waals surface area (Å²) in [7, 11) is 0.859. The third kappa shape index (κ3) is 3.55. The van der Waals surface area contributed by atoms with E-state index in [0.29, 0.717) is 0 Å². The minimum Gasteiger partial charge on any atom is -0.456 e. The number of rotatable bonds is 3. The van der Waals surface area contributed by atoms with E-state index in [1.54, 1.807) is 0 Å². The van der Waals surface area contributed by atoms with E-state index in [1.165, 1.54) is 71.4 Å². The summed E-state index contributed by atoms with van der Waals surface area (Å²) in [6, 6.07) is 46.4. The fourth-order valence-electron chi connectivity index (χ4n) is 7.87. The zero-order valence-electron chi connectivity index (χ0n) is 25.7. The third-order valence-corrected chi connectivity index (χ3v) is 9.89. The van der Waals surface area contributed by atoms with E-state index in [0.717, 1.165) is 40.6 Å². The summed E-state index contributed by atoms with van der Waals surface area (Å²) in [6.45, 7) is 4.32. The van der Waals surface area contributed by atoms with E-state index in [2.05, 4.69) is 145 Å². The summed E-state index contributed by atoms with van der Waals surface area (Å²) >= 11 is 0. The van der Waals surface area contributed by atoms with Crippen LogP contribution in [0, 0.1) is 13.8 Å². The first-order chi connectivity index (χ1) is 22.6. The molecular formula is C42H29BN2O. The molecule has 216 valence electrons. The first-order valence-corrected chi connectivity index (χ1v) is 16.0. The lowest BCUT2D eigenvalue weighted by Crippen LogP contribution is -2.37. The second kappa shape index (κ2) is 9.39. The molecule has 1 aliphatic heterocycles. The van der Waals surface area contributed by atoms with Gasteiger partial charge in [0.05, 0.1) is 11.2 Å². The van der Waals surface area contributed by atoms with Crippen molar-refractivity contribution in [1.82, 2.24) is 4.57 Å². The highest BCUT2D eigenvalue weighted by molar-refractivity contribution is 6.74. The van der Waals surface area contributed by atoms with Crippen molar-refractivity contribution in [3.05, 3.63) is 139 Å². The van der Waals surface area contributed by atoms with E-state index in [9.17, 15) is 0 Å². The Morgan fingerprint density at radius 1 is 0.609 bits per heavy atom. The molecule has 3 nitrogen and oxygen atoms in total. The molecule has 0 fully saturated rings. The second-order valence-electron chi connectivity index (χ2n) is 12.8. The molecule has 0 spiro atoms. The molecule has 1 N–H and O–H groups in total. The van der Waals surface area contributed by atoms with E-state index in [-0.39, 0.29) is 0 Å². The number of hydrogen-bond donors (Lipinski definition) is 1. The summed E-state index contributed by atoms with van der Waals surface area (Å²) in [5.41, 5.74) is 15.4. The Labute approximate surface area is 266 Å². The molecule has 0 saturated carbocycles. The zero-order valence-corrected chi connectivity index (χ0v) is 25.7. The molecule has 0 radical (unpaired) electrons. The first-order valence-electron chi connectivity index (χ1n) is 16.0. The maximum Gasteiger partial charge on any atom is 0.198 e. The molecule has 7 aromatic carbocycles. The molecule has 0 amide bonds. The highest BCUT2D eigenvalue weighted by Gasteiger charge is 2.29. The smallest absolute Gasteiger partial charge is 0.198 e. The van der Waals surface area contributed by atoms with Crippen LogP contribution in [0.4, 0.5) is 11.4 Å². The molecule has 3 heterocycles. The molecule has 0 aliphatic carbocycles. The minimum absolute atomic E-state index is 0.859. The molecule has 0 atom stereocenters. The van der Waals surface area contributed by atoms with Crippen molar-refractivity contribution in [3.63, 3.8) is 0 Å². The normalized spacial score (nSPS) is 12.3. The molecule has 4 heteroatoms. The Morgan fingerprint density at radius 3 is 2.17 bits per heavy atom. The summed E-state index contributed by atoms with van der Waals surface area (Å²) in [5.74, 6) is 0. The van der Waals surface area contributed by atoms with Crippen LogP contribution in [0.2, 0.25) is 0 Å². The van der Waals surface area contributed by atoms with Gasteiger partial charge in [0.2, 0.25) is 0 Å². The quantitative estimate of drug-likeness (QED) is 0.208. The van der Waals surface area contributed by atoms with E-state index >= 15 is 0 Å². The van der Waals surface area contributed by atoms with Crippen LogP contribution >= 0.6 is 0 Å². The summed E-state index contributed by atoms with van der Waals surface area (Å²) < 4.78 is 8.96. The van der Waals surface area contributed by atoms with Gasteiger partial charge in [-0.3, -0.25) is 0 Å². The Bertz CT molecular complexity index is 2710. The highest BCUT2D eigenvalue weighted by Crippen LogP contribution is 2.45. The Balaban J connectivity index is 1.39. The van der Waals surface area contributed by atoms with E-state index in [1.807, 2.05) is 6.07 Å². The predicted octanol–water partition coefficient (Wildman–Crippen LogP) is 9.56. The van der Waals surface area contributed by atoms with Gasteiger partial charge in [0.15, 0.2) is 7.28 Å². The highest BCUT2D eigenvalue weighted by atomic mass is 16.3. The molecule has 9 aromatic rings. The van der Waals surface area contributed by atoms with Gasteiger partial charge in [-0.25, -0.2) is 0 Å². The average Bonchev–Trinajstić information content (AvgIpc) is 3.62. The van der Waals surface area contributed by atoms with Gasteiger partial charge in [-0.2, -0.15) is 0 Å². The standard InChI is InChI=1S/C42H29BN2O/c1-24-15-18-26(19-16-24)44-34-23-38-31(27-9-6-8-14-37(27)46-38)22-32(34)39-28-10-3-4-11-29(28)40-30-12-5-7-13-35(30)45-36-20-17-25(2)21-33(36)43-41(39)42(40)45/h3-23,43-44H,1-2H3. The fraction of sp³-hybridized carbons (Fsp3) is 0.0476. The molecule has 0 unspecified atom stereocenters. The van der Waals surface area contributed by atoms with Crippen LogP contribution in [0.15, 0.2) is 132 Å². The van der Waals surface area contributed by atoms with Crippen LogP contribution in [0.25, 0.3) is 71.3 Å². The van der Waals surface area contributed by atoms with Gasteiger partial charge in [-0.15, -0.1) is 0 Å². The van der Waals surface area contributed by atoms with Gasteiger partial charge >= 0.3 is 0 Å². The topological polar surface area (TPSA) is 30.1 Å². The number of aromatic nitrogens is 1. The maximum absolute atomic E-state index is 6.44. The zero-order chi connectivity index (χ0) is 30.5. The lowest BCUT2D eigenvalue weighted by molar-refractivity contribution is 0.669. The average molecular weight is 589 g/mol. The molecular weight excluding hydrogens is 559 g/mol. The van der Waals surface area contributed by atoms with Crippen LogP contribution in [-0.4, -0.2) is 11.8 Å². The summed E-state index contributed by atoms with van der Waals surface area (Å²) in [4.78, 5) is 0. The molecule has 46 heavy (non-hydrogen) atoms. The fourth-order valence-corrected chi connectivity index (χ4v) is 7.87. The Kier molecular flexibility index (Phi) is 5.22. The van der Waals surface area contributed by atoms with E-state index < -0.39 is 0 Å². The van der Waals surface area contributed by atoms with Crippen molar-refractivity contribution in [2.24, 2.45) is 0 Å². The minimum atomic E-state index is 0.859. The molecule has 1 aliphatic rings. The van der Waals surface area contributed by atoms with Crippen molar-refractivity contribution in [3.8, 4) is 16.8 Å². The summed E-state index contributed by atoms with van der Waals surface area (Å²) in [6.07, 6.45) is 0. The van der Waals surface area contributed by atoms with Crippen LogP contribution in [-0.2, 0) is 0 Å². The molecule has 2 aromatic heterocycles. The maximum atomic E-state index is 6.44. The lowest BCUT2D eigenvalue weighted by atomic mass is 9.58. The molecule has 0 bridgehead atoms. The third-order valence-electron chi connectivity index (χ3n) is 9.89. The van der Waals surface area contributed by atoms with Gasteiger partial charge in [-0.1, -0.05) is 102 Å². The van der Waals surface area contributed by atoms with Gasteiger partial charge in [0.25, 0.3) is 0 Å².